The summed E-state index contributed by atoms with van der Waals surface area (Å²) in [5.41, 5.74) is 5.86. The number of hydrogen-bond acceptors (Lipinski definition) is 5. The molecule has 0 spiro atoms. The molecule has 1 amide bonds. The number of ether oxygens (including phenoxy) is 2. The summed E-state index contributed by atoms with van der Waals surface area (Å²) < 4.78 is 10.4. The molecule has 1 aromatic rings. The fourth-order valence-corrected chi connectivity index (χ4v) is 2.25. The van der Waals surface area contributed by atoms with E-state index in [0.29, 0.717) is 25.9 Å². The van der Waals surface area contributed by atoms with Crippen LogP contribution < -0.4 is 5.73 Å². The van der Waals surface area contributed by atoms with Gasteiger partial charge < -0.3 is 15.2 Å². The van der Waals surface area contributed by atoms with Crippen LogP contribution in [0.3, 0.4) is 0 Å². The zero-order valence-corrected chi connectivity index (χ0v) is 15.0. The first-order valence-electron chi connectivity index (χ1n) is 8.10. The molecule has 0 bridgehead atoms. The largest absolute Gasteiger partial charge is 0.467 e. The molecule has 1 rings (SSSR count). The highest BCUT2D eigenvalue weighted by molar-refractivity contribution is 5.81. The Morgan fingerprint density at radius 2 is 1.83 bits per heavy atom. The lowest BCUT2D eigenvalue weighted by Gasteiger charge is -2.32. The second-order valence-electron chi connectivity index (χ2n) is 6.54. The van der Waals surface area contributed by atoms with Gasteiger partial charge in [-0.05, 0) is 39.3 Å². The number of hydrogen-bond donors (Lipinski definition) is 1. The van der Waals surface area contributed by atoms with E-state index in [2.05, 4.69) is 0 Å². The highest BCUT2D eigenvalue weighted by Crippen LogP contribution is 2.16. The fraction of sp³-hybridized carbons (Fsp3) is 0.556. The van der Waals surface area contributed by atoms with E-state index < -0.39 is 23.7 Å². The Balaban J connectivity index is 3.05. The molecule has 0 aromatic heterocycles. The minimum Gasteiger partial charge on any atom is -0.467 e. The number of esters is 1. The summed E-state index contributed by atoms with van der Waals surface area (Å²) in [4.78, 5) is 26.3. The third kappa shape index (κ3) is 6.58. The molecule has 0 radical (unpaired) electrons. The highest BCUT2D eigenvalue weighted by atomic mass is 16.6. The predicted octanol–water partition coefficient (Wildman–Crippen LogP) is 2.36. The van der Waals surface area contributed by atoms with Crippen LogP contribution in [0, 0.1) is 0 Å². The van der Waals surface area contributed by atoms with E-state index in [9.17, 15) is 9.59 Å². The molecule has 134 valence electrons. The van der Waals surface area contributed by atoms with Gasteiger partial charge in [0.1, 0.15) is 11.6 Å². The van der Waals surface area contributed by atoms with Gasteiger partial charge in [-0.3, -0.25) is 4.90 Å². The molecule has 24 heavy (non-hydrogen) atoms. The molecule has 0 fully saturated rings. The first-order chi connectivity index (χ1) is 11.3. The maximum Gasteiger partial charge on any atom is 0.411 e. The molecule has 0 aliphatic heterocycles. The Bertz CT molecular complexity index is 526. The van der Waals surface area contributed by atoms with Gasteiger partial charge in [-0.25, -0.2) is 9.59 Å². The molecular formula is C18H28N2O4. The molecule has 0 aliphatic rings. The lowest BCUT2D eigenvalue weighted by molar-refractivity contribution is -0.146. The van der Waals surface area contributed by atoms with Gasteiger partial charge in [-0.2, -0.15) is 0 Å². The average Bonchev–Trinajstić information content (AvgIpc) is 2.52. The lowest BCUT2D eigenvalue weighted by atomic mass is 10.0. The van der Waals surface area contributed by atoms with Crippen LogP contribution >= 0.6 is 0 Å². The minimum absolute atomic E-state index is 0.331. The van der Waals surface area contributed by atoms with Crippen molar-refractivity contribution in [2.24, 2.45) is 5.73 Å². The maximum atomic E-state index is 12.6. The molecule has 0 heterocycles. The summed E-state index contributed by atoms with van der Waals surface area (Å²) in [5.74, 6) is -0.471. The summed E-state index contributed by atoms with van der Waals surface area (Å²) >= 11 is 0. The molecular weight excluding hydrogens is 308 g/mol. The Labute approximate surface area is 143 Å². The molecule has 1 unspecified atom stereocenters. The van der Waals surface area contributed by atoms with Gasteiger partial charge in [0.05, 0.1) is 7.11 Å². The Morgan fingerprint density at radius 1 is 1.21 bits per heavy atom. The Hall–Kier alpha value is -2.08. The van der Waals surface area contributed by atoms with Gasteiger partial charge in [-0.1, -0.05) is 30.3 Å². The number of rotatable bonds is 7. The predicted molar refractivity (Wildman–Crippen MR) is 92.6 cm³/mol. The van der Waals surface area contributed by atoms with Crippen molar-refractivity contribution in [2.45, 2.75) is 45.3 Å². The standard InChI is InChI=1S/C18H28N2O4/c1-18(2,3)24-17(22)20(12-8-11-19)15(16(21)23-4)13-14-9-6-5-7-10-14/h5-7,9-10,15H,8,11-13,19H2,1-4H3. The quantitative estimate of drug-likeness (QED) is 0.773. The molecule has 6 nitrogen and oxygen atoms in total. The van der Waals surface area contributed by atoms with E-state index in [-0.39, 0.29) is 0 Å². The average molecular weight is 336 g/mol. The Morgan fingerprint density at radius 3 is 2.33 bits per heavy atom. The van der Waals surface area contributed by atoms with Crippen molar-refractivity contribution in [1.29, 1.82) is 0 Å². The number of carbonyl (C=O) groups excluding carboxylic acids is 2. The summed E-state index contributed by atoms with van der Waals surface area (Å²) in [5, 5.41) is 0. The smallest absolute Gasteiger partial charge is 0.411 e. The molecule has 0 aliphatic carbocycles. The fourth-order valence-electron chi connectivity index (χ4n) is 2.25. The third-order valence-corrected chi connectivity index (χ3v) is 3.35. The molecule has 0 saturated carbocycles. The number of amides is 1. The minimum atomic E-state index is -0.751. The van der Waals surface area contributed by atoms with E-state index in [1.54, 1.807) is 20.8 Å². The van der Waals surface area contributed by atoms with Gasteiger partial charge in [0.2, 0.25) is 0 Å². The van der Waals surface area contributed by atoms with Crippen LogP contribution in [0.2, 0.25) is 0 Å². The number of nitrogens with two attached hydrogens (primary N) is 1. The zero-order valence-electron chi connectivity index (χ0n) is 15.0. The summed E-state index contributed by atoms with van der Waals surface area (Å²) in [6.07, 6.45) is 0.390. The second-order valence-corrected chi connectivity index (χ2v) is 6.54. The number of carbonyl (C=O) groups is 2. The maximum absolute atomic E-state index is 12.6. The van der Waals surface area contributed by atoms with Gasteiger partial charge >= 0.3 is 12.1 Å². The van der Waals surface area contributed by atoms with Crippen molar-refractivity contribution in [2.75, 3.05) is 20.2 Å². The van der Waals surface area contributed by atoms with Crippen molar-refractivity contribution in [3.05, 3.63) is 35.9 Å². The topological polar surface area (TPSA) is 81.9 Å². The van der Waals surface area contributed by atoms with Crippen molar-refractivity contribution >= 4 is 12.1 Å². The molecule has 1 aromatic carbocycles. The monoisotopic (exact) mass is 336 g/mol. The van der Waals surface area contributed by atoms with Gasteiger partial charge in [0.15, 0.2) is 0 Å². The zero-order chi connectivity index (χ0) is 18.2. The Kier molecular flexibility index (Phi) is 7.71. The first kappa shape index (κ1) is 20.0. The summed E-state index contributed by atoms with van der Waals surface area (Å²) in [6, 6.07) is 8.75. The first-order valence-corrected chi connectivity index (χ1v) is 8.10. The van der Waals surface area contributed by atoms with Crippen LogP contribution in [0.1, 0.15) is 32.8 Å². The van der Waals surface area contributed by atoms with Crippen LogP contribution in [-0.2, 0) is 20.7 Å². The van der Waals surface area contributed by atoms with Crippen LogP contribution in [0.4, 0.5) is 4.79 Å². The van der Waals surface area contributed by atoms with Gasteiger partial charge in [0, 0.05) is 13.0 Å². The van der Waals surface area contributed by atoms with Crippen LogP contribution in [0.25, 0.3) is 0 Å². The van der Waals surface area contributed by atoms with E-state index >= 15 is 0 Å². The van der Waals surface area contributed by atoms with Crippen molar-refractivity contribution in [1.82, 2.24) is 4.90 Å². The van der Waals surface area contributed by atoms with E-state index in [4.69, 9.17) is 15.2 Å². The van der Waals surface area contributed by atoms with Crippen molar-refractivity contribution < 1.29 is 19.1 Å². The molecule has 6 heteroatoms. The molecule has 0 saturated heterocycles. The van der Waals surface area contributed by atoms with Crippen LogP contribution in [-0.4, -0.2) is 48.8 Å². The van der Waals surface area contributed by atoms with Gasteiger partial charge in [0.25, 0.3) is 0 Å². The van der Waals surface area contributed by atoms with Crippen LogP contribution in [0.5, 0.6) is 0 Å². The summed E-state index contributed by atoms with van der Waals surface area (Å²) in [6.45, 7) is 6.11. The third-order valence-electron chi connectivity index (χ3n) is 3.35. The summed E-state index contributed by atoms with van der Waals surface area (Å²) in [7, 11) is 1.32. The molecule has 1 atom stereocenters. The van der Waals surface area contributed by atoms with Crippen LogP contribution in [0.15, 0.2) is 30.3 Å². The van der Waals surface area contributed by atoms with E-state index in [1.807, 2.05) is 30.3 Å². The second kappa shape index (κ2) is 9.27. The van der Waals surface area contributed by atoms with E-state index in [1.165, 1.54) is 12.0 Å². The van der Waals surface area contributed by atoms with Crippen molar-refractivity contribution in [3.63, 3.8) is 0 Å². The van der Waals surface area contributed by atoms with Crippen molar-refractivity contribution in [3.8, 4) is 0 Å². The normalized spacial score (nSPS) is 12.4. The SMILES string of the molecule is COC(=O)C(Cc1ccccc1)N(CCCN)C(=O)OC(C)(C)C. The number of benzene rings is 1. The highest BCUT2D eigenvalue weighted by Gasteiger charge is 2.33. The lowest BCUT2D eigenvalue weighted by Crippen LogP contribution is -2.49. The molecule has 2 N–H and O–H groups in total. The van der Waals surface area contributed by atoms with E-state index in [0.717, 1.165) is 5.56 Å². The van der Waals surface area contributed by atoms with Gasteiger partial charge in [-0.15, -0.1) is 0 Å². The number of methoxy groups -OCH3 is 1. The number of nitrogens with zero attached hydrogens (tertiary/aromatic N) is 1.